The first-order valence-electron chi connectivity index (χ1n) is 5.27. The SMILES string of the molecule is CC(C)CC(N)CNCC(C)(C)C. The van der Waals surface area contributed by atoms with E-state index in [0.29, 0.717) is 17.4 Å². The highest BCUT2D eigenvalue weighted by Crippen LogP contribution is 2.10. The van der Waals surface area contributed by atoms with E-state index in [1.54, 1.807) is 0 Å². The van der Waals surface area contributed by atoms with Crippen LogP contribution in [0.2, 0.25) is 0 Å². The summed E-state index contributed by atoms with van der Waals surface area (Å²) in [6, 6.07) is 0.308. The normalized spacial score (nSPS) is 15.0. The average Bonchev–Trinajstić information content (AvgIpc) is 1.81. The van der Waals surface area contributed by atoms with Crippen LogP contribution in [-0.2, 0) is 0 Å². The van der Waals surface area contributed by atoms with E-state index in [-0.39, 0.29) is 0 Å². The zero-order valence-electron chi connectivity index (χ0n) is 9.85. The Hall–Kier alpha value is -0.0800. The number of hydrogen-bond donors (Lipinski definition) is 2. The van der Waals surface area contributed by atoms with Crippen molar-refractivity contribution < 1.29 is 0 Å². The monoisotopic (exact) mass is 186 g/mol. The lowest BCUT2D eigenvalue weighted by atomic mass is 9.96. The molecule has 80 valence electrons. The minimum absolute atomic E-state index is 0.308. The largest absolute Gasteiger partial charge is 0.327 e. The molecular weight excluding hydrogens is 160 g/mol. The summed E-state index contributed by atoms with van der Waals surface area (Å²) in [7, 11) is 0. The molecule has 3 N–H and O–H groups in total. The second kappa shape index (κ2) is 5.61. The highest BCUT2D eigenvalue weighted by molar-refractivity contribution is 4.70. The van der Waals surface area contributed by atoms with Gasteiger partial charge in [0.2, 0.25) is 0 Å². The molecule has 2 heteroatoms. The Morgan fingerprint density at radius 3 is 2.15 bits per heavy atom. The van der Waals surface area contributed by atoms with E-state index in [2.05, 4.69) is 39.9 Å². The lowest BCUT2D eigenvalue weighted by Gasteiger charge is -2.21. The third-order valence-corrected chi connectivity index (χ3v) is 1.84. The fourth-order valence-electron chi connectivity index (χ4n) is 1.32. The molecule has 0 aromatic rings. The van der Waals surface area contributed by atoms with Gasteiger partial charge in [0, 0.05) is 19.1 Å². The number of nitrogens with two attached hydrogens (primary N) is 1. The molecule has 0 aliphatic rings. The van der Waals surface area contributed by atoms with Crippen LogP contribution < -0.4 is 11.1 Å². The number of hydrogen-bond acceptors (Lipinski definition) is 2. The Morgan fingerprint density at radius 1 is 1.23 bits per heavy atom. The van der Waals surface area contributed by atoms with E-state index in [4.69, 9.17) is 5.73 Å². The number of nitrogens with one attached hydrogen (secondary N) is 1. The van der Waals surface area contributed by atoms with Gasteiger partial charge >= 0.3 is 0 Å². The Labute approximate surface area is 83.3 Å². The number of rotatable bonds is 5. The topological polar surface area (TPSA) is 38.0 Å². The van der Waals surface area contributed by atoms with Crippen molar-refractivity contribution in [2.24, 2.45) is 17.1 Å². The molecule has 1 unspecified atom stereocenters. The summed E-state index contributed by atoms with van der Waals surface area (Å²) in [5.74, 6) is 0.700. The molecule has 1 atom stereocenters. The van der Waals surface area contributed by atoms with Crippen molar-refractivity contribution in [3.8, 4) is 0 Å². The zero-order chi connectivity index (χ0) is 10.5. The lowest BCUT2D eigenvalue weighted by Crippen LogP contribution is -2.38. The molecule has 0 radical (unpaired) electrons. The molecule has 0 heterocycles. The molecule has 0 aromatic heterocycles. The molecule has 0 aliphatic heterocycles. The third kappa shape index (κ3) is 9.84. The predicted octanol–water partition coefficient (Wildman–Crippen LogP) is 2.00. The minimum Gasteiger partial charge on any atom is -0.327 e. The summed E-state index contributed by atoms with van der Waals surface area (Å²) in [4.78, 5) is 0. The summed E-state index contributed by atoms with van der Waals surface area (Å²) < 4.78 is 0. The lowest BCUT2D eigenvalue weighted by molar-refractivity contribution is 0.364. The van der Waals surface area contributed by atoms with E-state index in [0.717, 1.165) is 19.5 Å². The Kier molecular flexibility index (Phi) is 5.57. The predicted molar refractivity (Wildman–Crippen MR) is 59.8 cm³/mol. The van der Waals surface area contributed by atoms with Crippen molar-refractivity contribution >= 4 is 0 Å². The quantitative estimate of drug-likeness (QED) is 0.689. The van der Waals surface area contributed by atoms with Gasteiger partial charge in [0.25, 0.3) is 0 Å². The average molecular weight is 186 g/mol. The van der Waals surface area contributed by atoms with Gasteiger partial charge in [0.1, 0.15) is 0 Å². The van der Waals surface area contributed by atoms with Crippen LogP contribution in [0.3, 0.4) is 0 Å². The van der Waals surface area contributed by atoms with Crippen molar-refractivity contribution in [2.45, 2.75) is 47.1 Å². The molecule has 13 heavy (non-hydrogen) atoms. The second-order valence-corrected chi connectivity index (χ2v) is 5.58. The van der Waals surface area contributed by atoms with Crippen LogP contribution in [0.1, 0.15) is 41.0 Å². The molecule has 0 aliphatic carbocycles. The maximum atomic E-state index is 5.94. The summed E-state index contributed by atoms with van der Waals surface area (Å²) in [5.41, 5.74) is 6.30. The maximum absolute atomic E-state index is 5.94. The van der Waals surface area contributed by atoms with Crippen molar-refractivity contribution in [3.63, 3.8) is 0 Å². The minimum atomic E-state index is 0.308. The van der Waals surface area contributed by atoms with Crippen LogP contribution in [0.15, 0.2) is 0 Å². The standard InChI is InChI=1S/C11H26N2/c1-9(2)6-10(12)7-13-8-11(3,4)5/h9-10,13H,6-8,12H2,1-5H3. The van der Waals surface area contributed by atoms with Gasteiger partial charge in [-0.25, -0.2) is 0 Å². The Balaban J connectivity index is 3.42. The van der Waals surface area contributed by atoms with Gasteiger partial charge < -0.3 is 11.1 Å². The molecular formula is C11H26N2. The van der Waals surface area contributed by atoms with Gasteiger partial charge in [0.05, 0.1) is 0 Å². The maximum Gasteiger partial charge on any atom is 0.0167 e. The molecule has 0 rings (SSSR count). The molecule has 2 nitrogen and oxygen atoms in total. The van der Waals surface area contributed by atoms with Crippen molar-refractivity contribution in [2.75, 3.05) is 13.1 Å². The van der Waals surface area contributed by atoms with Crippen molar-refractivity contribution in [3.05, 3.63) is 0 Å². The van der Waals surface area contributed by atoms with Crippen LogP contribution in [0, 0.1) is 11.3 Å². The van der Waals surface area contributed by atoms with Crippen molar-refractivity contribution in [1.82, 2.24) is 5.32 Å². The van der Waals surface area contributed by atoms with Crippen LogP contribution in [-0.4, -0.2) is 19.1 Å². The van der Waals surface area contributed by atoms with E-state index >= 15 is 0 Å². The first-order chi connectivity index (χ1) is 5.81. The molecule has 0 saturated heterocycles. The first kappa shape index (κ1) is 12.9. The van der Waals surface area contributed by atoms with Gasteiger partial charge in [0.15, 0.2) is 0 Å². The molecule has 0 spiro atoms. The van der Waals surface area contributed by atoms with Crippen molar-refractivity contribution in [1.29, 1.82) is 0 Å². The Bertz CT molecular complexity index is 125. The van der Waals surface area contributed by atoms with Gasteiger partial charge in [-0.1, -0.05) is 34.6 Å². The molecule has 0 aromatic carbocycles. The first-order valence-corrected chi connectivity index (χ1v) is 5.27. The molecule has 0 bridgehead atoms. The fourth-order valence-corrected chi connectivity index (χ4v) is 1.32. The van der Waals surface area contributed by atoms with Gasteiger partial charge in [-0.2, -0.15) is 0 Å². The van der Waals surface area contributed by atoms with Gasteiger partial charge in [-0.05, 0) is 17.8 Å². The highest BCUT2D eigenvalue weighted by atomic mass is 14.9. The summed E-state index contributed by atoms with van der Waals surface area (Å²) in [5, 5.41) is 3.41. The summed E-state index contributed by atoms with van der Waals surface area (Å²) in [6.45, 7) is 13.1. The molecule has 0 amide bonds. The molecule has 0 saturated carbocycles. The molecule has 0 fully saturated rings. The summed E-state index contributed by atoms with van der Waals surface area (Å²) in [6.07, 6.45) is 1.11. The van der Waals surface area contributed by atoms with E-state index in [1.807, 2.05) is 0 Å². The Morgan fingerprint density at radius 2 is 1.77 bits per heavy atom. The van der Waals surface area contributed by atoms with Crippen LogP contribution in [0.25, 0.3) is 0 Å². The van der Waals surface area contributed by atoms with E-state index in [1.165, 1.54) is 0 Å². The van der Waals surface area contributed by atoms with Crippen LogP contribution in [0.5, 0.6) is 0 Å². The van der Waals surface area contributed by atoms with Crippen LogP contribution in [0.4, 0.5) is 0 Å². The summed E-state index contributed by atoms with van der Waals surface area (Å²) >= 11 is 0. The van der Waals surface area contributed by atoms with E-state index in [9.17, 15) is 0 Å². The second-order valence-electron chi connectivity index (χ2n) is 5.58. The van der Waals surface area contributed by atoms with Gasteiger partial charge in [-0.3, -0.25) is 0 Å². The fraction of sp³-hybridized carbons (Fsp3) is 1.00. The smallest absolute Gasteiger partial charge is 0.0167 e. The van der Waals surface area contributed by atoms with Gasteiger partial charge in [-0.15, -0.1) is 0 Å². The zero-order valence-corrected chi connectivity index (χ0v) is 9.85. The third-order valence-electron chi connectivity index (χ3n) is 1.84. The van der Waals surface area contributed by atoms with Crippen LogP contribution >= 0.6 is 0 Å². The highest BCUT2D eigenvalue weighted by Gasteiger charge is 2.10. The van der Waals surface area contributed by atoms with E-state index < -0.39 is 0 Å².